The van der Waals surface area contributed by atoms with Gasteiger partial charge in [-0.2, -0.15) is 0 Å². The van der Waals surface area contributed by atoms with Crippen LogP contribution in [0.2, 0.25) is 0 Å². The minimum absolute atomic E-state index is 0.0114. The molecule has 0 spiro atoms. The topological polar surface area (TPSA) is 91.3 Å². The Balaban J connectivity index is 2.11. The smallest absolute Gasteiger partial charge is 0.291 e. The summed E-state index contributed by atoms with van der Waals surface area (Å²) < 4.78 is 6.24. The Bertz CT molecular complexity index is 475. The Morgan fingerprint density at radius 3 is 2.89 bits per heavy atom. The maximum atomic E-state index is 10.7. The van der Waals surface area contributed by atoms with Crippen LogP contribution in [0, 0.1) is 23.0 Å². The second kappa shape index (κ2) is 5.19. The van der Waals surface area contributed by atoms with Gasteiger partial charge >= 0.3 is 0 Å². The van der Waals surface area contributed by atoms with Crippen LogP contribution in [0.1, 0.15) is 18.4 Å². The van der Waals surface area contributed by atoms with E-state index in [9.17, 15) is 10.1 Å². The molecule has 0 bridgehead atoms. The number of rotatable bonds is 4. The van der Waals surface area contributed by atoms with E-state index in [1.165, 1.54) is 6.20 Å². The van der Waals surface area contributed by atoms with E-state index >= 15 is 0 Å². The van der Waals surface area contributed by atoms with Gasteiger partial charge < -0.3 is 10.5 Å². The number of aromatic nitrogens is 1. The number of pyridine rings is 1. The molecule has 0 saturated heterocycles. The van der Waals surface area contributed by atoms with Crippen molar-refractivity contribution in [1.29, 1.82) is 0 Å². The molecule has 2 rings (SSSR count). The zero-order valence-electron chi connectivity index (χ0n) is 9.93. The molecule has 0 aromatic carbocycles. The second-order valence-electron chi connectivity index (χ2n) is 4.46. The summed E-state index contributed by atoms with van der Waals surface area (Å²) >= 11 is 3.30. The third kappa shape index (κ3) is 2.46. The number of ether oxygens (including phenoxy) is 1. The van der Waals surface area contributed by atoms with Gasteiger partial charge in [-0.15, -0.1) is 0 Å². The first-order valence-corrected chi connectivity index (χ1v) is 6.48. The van der Waals surface area contributed by atoms with Crippen LogP contribution in [0.5, 0.6) is 5.88 Å². The van der Waals surface area contributed by atoms with Crippen molar-refractivity contribution in [3.05, 3.63) is 26.3 Å². The lowest BCUT2D eigenvalue weighted by Crippen LogP contribution is -2.38. The molecular formula is C11H14BrN3O3. The van der Waals surface area contributed by atoms with Crippen molar-refractivity contribution in [3.63, 3.8) is 0 Å². The number of nitrogens with zero attached hydrogens (tertiary/aromatic N) is 2. The Kier molecular flexibility index (Phi) is 3.82. The molecule has 7 heteroatoms. The Morgan fingerprint density at radius 2 is 2.33 bits per heavy atom. The minimum Gasteiger partial charge on any atom is -0.474 e. The van der Waals surface area contributed by atoms with Crippen LogP contribution in [-0.4, -0.2) is 22.6 Å². The number of hydrogen-bond acceptors (Lipinski definition) is 5. The van der Waals surface area contributed by atoms with Crippen molar-refractivity contribution < 1.29 is 9.66 Å². The fraction of sp³-hybridized carbons (Fsp3) is 0.545. The summed E-state index contributed by atoms with van der Waals surface area (Å²) in [5.74, 6) is 0.937. The third-order valence-electron chi connectivity index (χ3n) is 3.21. The lowest BCUT2D eigenvalue weighted by atomic mass is 9.82. The fourth-order valence-corrected chi connectivity index (χ4v) is 2.33. The molecule has 18 heavy (non-hydrogen) atoms. The Morgan fingerprint density at radius 1 is 1.67 bits per heavy atom. The van der Waals surface area contributed by atoms with Crippen molar-refractivity contribution in [3.8, 4) is 5.88 Å². The van der Waals surface area contributed by atoms with Crippen LogP contribution in [-0.2, 0) is 0 Å². The molecule has 1 saturated carbocycles. The van der Waals surface area contributed by atoms with E-state index in [0.717, 1.165) is 12.8 Å². The van der Waals surface area contributed by atoms with E-state index in [2.05, 4.69) is 20.9 Å². The number of hydrogen-bond donors (Lipinski definition) is 1. The molecule has 1 fully saturated rings. The van der Waals surface area contributed by atoms with Gasteiger partial charge in [0.2, 0.25) is 5.88 Å². The summed E-state index contributed by atoms with van der Waals surface area (Å²) in [4.78, 5) is 14.3. The van der Waals surface area contributed by atoms with Crippen molar-refractivity contribution in [1.82, 2.24) is 4.98 Å². The highest BCUT2D eigenvalue weighted by atomic mass is 79.9. The lowest BCUT2D eigenvalue weighted by molar-refractivity contribution is -0.385. The molecule has 2 N–H and O–H groups in total. The molecular weight excluding hydrogens is 302 g/mol. The van der Waals surface area contributed by atoms with Gasteiger partial charge in [-0.05, 0) is 48.2 Å². The van der Waals surface area contributed by atoms with Gasteiger partial charge in [-0.25, -0.2) is 4.98 Å². The largest absolute Gasteiger partial charge is 0.474 e. The minimum atomic E-state index is -0.454. The molecule has 0 radical (unpaired) electrons. The molecule has 98 valence electrons. The first-order valence-electron chi connectivity index (χ1n) is 5.69. The molecule has 1 heterocycles. The van der Waals surface area contributed by atoms with Crippen LogP contribution >= 0.6 is 15.9 Å². The van der Waals surface area contributed by atoms with Gasteiger partial charge in [0.05, 0.1) is 9.40 Å². The van der Waals surface area contributed by atoms with Crippen LogP contribution < -0.4 is 10.5 Å². The van der Waals surface area contributed by atoms with Crippen LogP contribution in [0.25, 0.3) is 0 Å². The molecule has 0 amide bonds. The summed E-state index contributed by atoms with van der Waals surface area (Å²) in [7, 11) is 0. The van der Waals surface area contributed by atoms with E-state index in [0.29, 0.717) is 28.4 Å². The molecule has 0 atom stereocenters. The van der Waals surface area contributed by atoms with E-state index in [4.69, 9.17) is 10.5 Å². The van der Waals surface area contributed by atoms with Crippen LogP contribution in [0.4, 0.5) is 5.69 Å². The Hall–Kier alpha value is -1.21. The quantitative estimate of drug-likeness (QED) is 0.679. The van der Waals surface area contributed by atoms with Gasteiger partial charge in [-0.3, -0.25) is 10.1 Å². The predicted octanol–water partition coefficient (Wildman–Crippen LogP) is 2.18. The van der Waals surface area contributed by atoms with Gasteiger partial charge in [0.15, 0.2) is 0 Å². The maximum Gasteiger partial charge on any atom is 0.291 e. The average molecular weight is 316 g/mol. The van der Waals surface area contributed by atoms with Crippen molar-refractivity contribution >= 4 is 21.6 Å². The zero-order chi connectivity index (χ0) is 13.3. The summed E-state index contributed by atoms with van der Waals surface area (Å²) in [6, 6.07) is 0. The summed E-state index contributed by atoms with van der Waals surface area (Å²) in [6.45, 7) is 2.34. The van der Waals surface area contributed by atoms with E-state index in [1.807, 2.05) is 0 Å². The summed E-state index contributed by atoms with van der Waals surface area (Å²) in [5.41, 5.74) is 6.06. The van der Waals surface area contributed by atoms with E-state index in [1.54, 1.807) is 6.92 Å². The molecule has 0 unspecified atom stereocenters. The molecule has 1 aliphatic rings. The lowest BCUT2D eigenvalue weighted by Gasteiger charge is -2.34. The van der Waals surface area contributed by atoms with Crippen LogP contribution in [0.15, 0.2) is 10.7 Å². The van der Waals surface area contributed by atoms with E-state index < -0.39 is 4.92 Å². The highest BCUT2D eigenvalue weighted by Crippen LogP contribution is 2.36. The normalized spacial score (nSPS) is 22.4. The van der Waals surface area contributed by atoms with E-state index in [-0.39, 0.29) is 11.8 Å². The number of nitro groups is 1. The summed E-state index contributed by atoms with van der Waals surface area (Å²) in [6.07, 6.45) is 3.18. The maximum absolute atomic E-state index is 10.7. The van der Waals surface area contributed by atoms with Crippen molar-refractivity contribution in [2.45, 2.75) is 25.9 Å². The summed E-state index contributed by atoms with van der Waals surface area (Å²) in [5, 5.41) is 10.7. The average Bonchev–Trinajstić information content (AvgIpc) is 2.27. The van der Waals surface area contributed by atoms with Gasteiger partial charge in [0.25, 0.3) is 5.69 Å². The fourth-order valence-electron chi connectivity index (χ4n) is 1.93. The van der Waals surface area contributed by atoms with Gasteiger partial charge in [-0.1, -0.05) is 0 Å². The first-order chi connectivity index (χ1) is 8.52. The molecule has 1 aromatic rings. The molecule has 1 aliphatic carbocycles. The molecule has 1 aromatic heterocycles. The monoisotopic (exact) mass is 315 g/mol. The SMILES string of the molecule is Cc1c([N+](=O)[O-])cnc(OC2CC(CN)C2)c1Br. The van der Waals surface area contributed by atoms with Crippen molar-refractivity contribution in [2.24, 2.45) is 11.7 Å². The number of nitrogens with two attached hydrogens (primary N) is 1. The molecule has 0 aliphatic heterocycles. The predicted molar refractivity (Wildman–Crippen MR) is 69.5 cm³/mol. The molecule has 6 nitrogen and oxygen atoms in total. The standard InChI is InChI=1S/C11H14BrN3O3/c1-6-9(15(16)17)5-14-11(10(6)12)18-8-2-7(3-8)4-13/h5,7-8H,2-4,13H2,1H3. The van der Waals surface area contributed by atoms with Crippen LogP contribution in [0.3, 0.4) is 0 Å². The van der Waals surface area contributed by atoms with Gasteiger partial charge in [0.1, 0.15) is 12.3 Å². The highest BCUT2D eigenvalue weighted by Gasteiger charge is 2.31. The van der Waals surface area contributed by atoms with Gasteiger partial charge in [0, 0.05) is 5.56 Å². The second-order valence-corrected chi connectivity index (χ2v) is 5.25. The zero-order valence-corrected chi connectivity index (χ0v) is 11.5. The highest BCUT2D eigenvalue weighted by molar-refractivity contribution is 9.10. The first kappa shape index (κ1) is 13.2. The Labute approximate surface area is 113 Å². The third-order valence-corrected chi connectivity index (χ3v) is 4.14. The number of halogens is 1. The van der Waals surface area contributed by atoms with Crippen molar-refractivity contribution in [2.75, 3.05) is 6.54 Å².